The monoisotopic (exact) mass is 268 g/mol. The number of hydrogen-bond donors (Lipinski definition) is 2. The van der Waals surface area contributed by atoms with E-state index in [1.165, 1.54) is 18.2 Å². The fourth-order valence-electron chi connectivity index (χ4n) is 1.73. The number of rotatable bonds is 3. The lowest BCUT2D eigenvalue weighted by Crippen LogP contribution is -2.02. The van der Waals surface area contributed by atoms with Crippen molar-refractivity contribution in [3.05, 3.63) is 34.7 Å². The molecule has 0 spiro atoms. The number of aryl methyl sites for hydroxylation is 2. The molecule has 0 aliphatic rings. The molecule has 0 bridgehead atoms. The smallest absolute Gasteiger partial charge is 0.152 e. The minimum Gasteiger partial charge on any atom is -0.394 e. The van der Waals surface area contributed by atoms with E-state index in [-0.39, 0.29) is 5.82 Å². The average molecular weight is 269 g/mol. The van der Waals surface area contributed by atoms with Gasteiger partial charge in [-0.05, 0) is 24.6 Å². The lowest BCUT2D eigenvalue weighted by molar-refractivity contribution is 0.628. The molecule has 0 saturated carbocycles. The molecule has 3 N–H and O–H groups in total. The van der Waals surface area contributed by atoms with Gasteiger partial charge in [-0.1, -0.05) is 18.5 Å². The first-order valence-electron chi connectivity index (χ1n) is 5.56. The first-order chi connectivity index (χ1) is 8.52. The summed E-state index contributed by atoms with van der Waals surface area (Å²) >= 11 is 5.99. The standard InChI is InChI=1S/C12H14ClFN4/c1-3-9-11(15)12(18(2)17-9)16-10-6-7(14)4-5-8(10)13/h4-6,16H,3,15H2,1-2H3. The van der Waals surface area contributed by atoms with Gasteiger partial charge in [0.25, 0.3) is 0 Å². The molecule has 2 aromatic rings. The first kappa shape index (κ1) is 12.7. The van der Waals surface area contributed by atoms with Gasteiger partial charge >= 0.3 is 0 Å². The van der Waals surface area contributed by atoms with Gasteiger partial charge in [-0.3, -0.25) is 4.68 Å². The summed E-state index contributed by atoms with van der Waals surface area (Å²) in [5, 5.41) is 7.70. The highest BCUT2D eigenvalue weighted by atomic mass is 35.5. The summed E-state index contributed by atoms with van der Waals surface area (Å²) < 4.78 is 14.8. The van der Waals surface area contributed by atoms with Gasteiger partial charge in [-0.2, -0.15) is 5.10 Å². The zero-order chi connectivity index (χ0) is 13.3. The molecule has 1 aromatic carbocycles. The average Bonchev–Trinajstić information content (AvgIpc) is 2.61. The molecule has 0 amide bonds. The van der Waals surface area contributed by atoms with Crippen LogP contribution in [0.3, 0.4) is 0 Å². The third kappa shape index (κ3) is 2.26. The number of nitrogen functional groups attached to an aromatic ring is 1. The number of benzene rings is 1. The normalized spacial score (nSPS) is 10.7. The van der Waals surface area contributed by atoms with Crippen molar-refractivity contribution in [1.29, 1.82) is 0 Å². The molecule has 0 atom stereocenters. The Bertz CT molecular complexity index is 580. The topological polar surface area (TPSA) is 55.9 Å². The molecule has 0 aliphatic carbocycles. The second-order valence-corrected chi connectivity index (χ2v) is 4.34. The maximum atomic E-state index is 13.2. The number of nitrogens with zero attached hydrogens (tertiary/aromatic N) is 2. The third-order valence-electron chi connectivity index (χ3n) is 2.68. The second-order valence-electron chi connectivity index (χ2n) is 3.94. The maximum Gasteiger partial charge on any atom is 0.152 e. The SMILES string of the molecule is CCc1nn(C)c(Nc2cc(F)ccc2Cl)c1N. The maximum absolute atomic E-state index is 13.2. The van der Waals surface area contributed by atoms with Crippen molar-refractivity contribution in [3.8, 4) is 0 Å². The number of hydrogen-bond acceptors (Lipinski definition) is 3. The Balaban J connectivity index is 2.39. The molecule has 0 unspecified atom stereocenters. The van der Waals surface area contributed by atoms with Crippen LogP contribution in [0.25, 0.3) is 0 Å². The van der Waals surface area contributed by atoms with Gasteiger partial charge in [0.1, 0.15) is 5.82 Å². The summed E-state index contributed by atoms with van der Waals surface area (Å²) in [5.41, 5.74) is 7.79. The van der Waals surface area contributed by atoms with E-state index in [4.69, 9.17) is 17.3 Å². The fraction of sp³-hybridized carbons (Fsp3) is 0.250. The molecule has 18 heavy (non-hydrogen) atoms. The Labute approximate surface area is 110 Å². The van der Waals surface area contributed by atoms with Crippen molar-refractivity contribution in [2.45, 2.75) is 13.3 Å². The van der Waals surface area contributed by atoms with E-state index in [0.29, 0.717) is 22.2 Å². The Morgan fingerprint density at radius 3 is 2.83 bits per heavy atom. The summed E-state index contributed by atoms with van der Waals surface area (Å²) in [6, 6.07) is 4.12. The molecule has 2 rings (SSSR count). The lowest BCUT2D eigenvalue weighted by atomic mass is 10.2. The van der Waals surface area contributed by atoms with Crippen LogP contribution in [-0.4, -0.2) is 9.78 Å². The van der Waals surface area contributed by atoms with Gasteiger partial charge in [0, 0.05) is 7.05 Å². The zero-order valence-electron chi connectivity index (χ0n) is 10.2. The van der Waals surface area contributed by atoms with E-state index >= 15 is 0 Å². The summed E-state index contributed by atoms with van der Waals surface area (Å²) in [6.45, 7) is 1.97. The van der Waals surface area contributed by atoms with Gasteiger partial charge in [-0.25, -0.2) is 4.39 Å². The van der Waals surface area contributed by atoms with Crippen molar-refractivity contribution >= 4 is 28.8 Å². The van der Waals surface area contributed by atoms with E-state index in [1.54, 1.807) is 11.7 Å². The van der Waals surface area contributed by atoms with Gasteiger partial charge in [-0.15, -0.1) is 0 Å². The third-order valence-corrected chi connectivity index (χ3v) is 3.01. The summed E-state index contributed by atoms with van der Waals surface area (Å²) in [7, 11) is 1.77. The first-order valence-corrected chi connectivity index (χ1v) is 5.94. The quantitative estimate of drug-likeness (QED) is 0.899. The molecular weight excluding hydrogens is 255 g/mol. The highest BCUT2D eigenvalue weighted by molar-refractivity contribution is 6.33. The zero-order valence-corrected chi connectivity index (χ0v) is 10.9. The molecular formula is C12H14ClFN4. The van der Waals surface area contributed by atoms with Crippen molar-refractivity contribution in [2.24, 2.45) is 7.05 Å². The Hall–Kier alpha value is -1.75. The lowest BCUT2D eigenvalue weighted by Gasteiger charge is -2.09. The van der Waals surface area contributed by atoms with E-state index in [0.717, 1.165) is 12.1 Å². The van der Waals surface area contributed by atoms with Crippen molar-refractivity contribution in [3.63, 3.8) is 0 Å². The molecule has 0 radical (unpaired) electrons. The molecule has 0 fully saturated rings. The minimum atomic E-state index is -0.363. The summed E-state index contributed by atoms with van der Waals surface area (Å²) in [5.74, 6) is 0.248. The number of aromatic nitrogens is 2. The van der Waals surface area contributed by atoms with Crippen molar-refractivity contribution in [1.82, 2.24) is 9.78 Å². The molecule has 0 saturated heterocycles. The van der Waals surface area contributed by atoms with Crippen LogP contribution in [0.15, 0.2) is 18.2 Å². The highest BCUT2D eigenvalue weighted by Gasteiger charge is 2.13. The number of nitrogens with one attached hydrogen (secondary N) is 1. The van der Waals surface area contributed by atoms with Gasteiger partial charge < -0.3 is 11.1 Å². The van der Waals surface area contributed by atoms with Crippen molar-refractivity contribution in [2.75, 3.05) is 11.1 Å². The molecule has 4 nitrogen and oxygen atoms in total. The molecule has 1 aromatic heterocycles. The fourth-order valence-corrected chi connectivity index (χ4v) is 1.89. The largest absolute Gasteiger partial charge is 0.394 e. The van der Waals surface area contributed by atoms with E-state index < -0.39 is 0 Å². The van der Waals surface area contributed by atoms with Gasteiger partial charge in [0.2, 0.25) is 0 Å². The number of anilines is 3. The van der Waals surface area contributed by atoms with Crippen molar-refractivity contribution < 1.29 is 4.39 Å². The molecule has 0 aliphatic heterocycles. The molecule has 96 valence electrons. The molecule has 1 heterocycles. The van der Waals surface area contributed by atoms with Crippen LogP contribution in [0.5, 0.6) is 0 Å². The van der Waals surface area contributed by atoms with Crippen LogP contribution in [0.4, 0.5) is 21.6 Å². The summed E-state index contributed by atoms with van der Waals surface area (Å²) in [6.07, 6.45) is 0.734. The van der Waals surface area contributed by atoms with Crippen LogP contribution in [0, 0.1) is 5.82 Å². The number of halogens is 2. The summed E-state index contributed by atoms with van der Waals surface area (Å²) in [4.78, 5) is 0. The Morgan fingerprint density at radius 1 is 1.50 bits per heavy atom. The molecule has 6 heteroatoms. The van der Waals surface area contributed by atoms with Crippen LogP contribution < -0.4 is 11.1 Å². The highest BCUT2D eigenvalue weighted by Crippen LogP contribution is 2.30. The van der Waals surface area contributed by atoms with Gasteiger partial charge in [0.05, 0.1) is 22.1 Å². The van der Waals surface area contributed by atoms with E-state index in [1.807, 2.05) is 6.92 Å². The predicted molar refractivity (Wildman–Crippen MR) is 71.7 cm³/mol. The Kier molecular flexibility index (Phi) is 3.43. The van der Waals surface area contributed by atoms with Crippen LogP contribution in [-0.2, 0) is 13.5 Å². The minimum absolute atomic E-state index is 0.363. The van der Waals surface area contributed by atoms with E-state index in [2.05, 4.69) is 10.4 Å². The van der Waals surface area contributed by atoms with Crippen LogP contribution in [0.1, 0.15) is 12.6 Å². The Morgan fingerprint density at radius 2 is 2.22 bits per heavy atom. The van der Waals surface area contributed by atoms with Crippen LogP contribution in [0.2, 0.25) is 5.02 Å². The second kappa shape index (κ2) is 4.86. The van der Waals surface area contributed by atoms with E-state index in [9.17, 15) is 4.39 Å². The van der Waals surface area contributed by atoms with Gasteiger partial charge in [0.15, 0.2) is 5.82 Å². The predicted octanol–water partition coefficient (Wildman–Crippen LogP) is 3.10. The number of nitrogens with two attached hydrogens (primary N) is 1. The van der Waals surface area contributed by atoms with Crippen LogP contribution >= 0.6 is 11.6 Å².